The number of hydrogen-bond acceptors (Lipinski definition) is 6. The van der Waals surface area contributed by atoms with Crippen LogP contribution in [0.25, 0.3) is 0 Å². The number of ketones is 1. The molecule has 1 aromatic carbocycles. The number of aliphatic hydroxyl groups excluding tert-OH is 2. The smallest absolute Gasteiger partial charge is 0.303 e. The molecule has 164 valence electrons. The topological polar surface area (TPSA) is 113 Å². The minimum Gasteiger partial charge on any atom is -0.481 e. The molecule has 3 N–H and O–H groups in total. The average Bonchev–Trinajstić information content (AvgIpc) is 3.00. The van der Waals surface area contributed by atoms with Crippen LogP contribution >= 0.6 is 0 Å². The molecule has 7 nitrogen and oxygen atoms in total. The number of carbonyl (C=O) groups excluding carboxylic acids is 1. The Hall–Kier alpha value is -2.22. The number of aliphatic hydroxyl groups is 2. The highest BCUT2D eigenvalue weighted by molar-refractivity contribution is 5.84. The molecule has 1 heterocycles. The first kappa shape index (κ1) is 22.5. The van der Waals surface area contributed by atoms with Crippen molar-refractivity contribution < 1.29 is 34.4 Å². The summed E-state index contributed by atoms with van der Waals surface area (Å²) in [5, 5.41) is 29.4. The Balaban J connectivity index is 1.51. The molecular formula is C23H30O7. The van der Waals surface area contributed by atoms with Crippen molar-refractivity contribution in [3.05, 3.63) is 42.0 Å². The van der Waals surface area contributed by atoms with Gasteiger partial charge in [-0.25, -0.2) is 0 Å². The number of carbonyl (C=O) groups is 2. The second-order valence-electron chi connectivity index (χ2n) is 8.05. The van der Waals surface area contributed by atoms with Gasteiger partial charge in [-0.3, -0.25) is 9.59 Å². The zero-order valence-electron chi connectivity index (χ0n) is 17.0. The minimum absolute atomic E-state index is 0.0382. The Labute approximate surface area is 176 Å². The summed E-state index contributed by atoms with van der Waals surface area (Å²) in [7, 11) is 0. The van der Waals surface area contributed by atoms with E-state index in [-0.39, 0.29) is 30.5 Å². The minimum atomic E-state index is -1.02. The monoisotopic (exact) mass is 418 g/mol. The van der Waals surface area contributed by atoms with E-state index in [4.69, 9.17) is 14.6 Å². The van der Waals surface area contributed by atoms with E-state index in [1.54, 1.807) is 12.2 Å². The number of carboxylic acids is 1. The molecule has 3 rings (SSSR count). The van der Waals surface area contributed by atoms with Gasteiger partial charge < -0.3 is 24.8 Å². The summed E-state index contributed by atoms with van der Waals surface area (Å²) in [5.41, 5.74) is 0.921. The largest absolute Gasteiger partial charge is 0.481 e. The van der Waals surface area contributed by atoms with Crippen molar-refractivity contribution in [2.75, 3.05) is 0 Å². The molecule has 0 bridgehead atoms. The molecule has 0 unspecified atom stereocenters. The molecule has 1 saturated carbocycles. The summed E-state index contributed by atoms with van der Waals surface area (Å²) in [5.74, 6) is -0.699. The normalized spacial score (nSPS) is 27.1. The molecular weight excluding hydrogens is 388 g/mol. The van der Waals surface area contributed by atoms with Crippen molar-refractivity contribution in [3.8, 4) is 5.75 Å². The zero-order chi connectivity index (χ0) is 21.5. The quantitative estimate of drug-likeness (QED) is 0.395. The lowest BCUT2D eigenvalue weighted by Crippen LogP contribution is -2.36. The number of unbranched alkanes of at least 4 members (excludes halogenated alkanes) is 3. The van der Waals surface area contributed by atoms with Crippen LogP contribution in [0.4, 0.5) is 0 Å². The van der Waals surface area contributed by atoms with Crippen LogP contribution in [0.2, 0.25) is 0 Å². The third-order valence-electron chi connectivity index (χ3n) is 5.82. The van der Waals surface area contributed by atoms with Gasteiger partial charge in [0.15, 0.2) is 0 Å². The van der Waals surface area contributed by atoms with Crippen LogP contribution in [0, 0.1) is 11.8 Å². The van der Waals surface area contributed by atoms with Gasteiger partial charge in [0.1, 0.15) is 17.6 Å². The van der Waals surface area contributed by atoms with E-state index in [2.05, 4.69) is 0 Å². The summed E-state index contributed by atoms with van der Waals surface area (Å²) >= 11 is 0. The van der Waals surface area contributed by atoms with Crippen LogP contribution in [0.5, 0.6) is 5.75 Å². The van der Waals surface area contributed by atoms with E-state index >= 15 is 0 Å². The highest BCUT2D eigenvalue weighted by Crippen LogP contribution is 2.35. The van der Waals surface area contributed by atoms with Crippen molar-refractivity contribution in [3.63, 3.8) is 0 Å². The van der Waals surface area contributed by atoms with Gasteiger partial charge in [-0.05, 0) is 18.9 Å². The van der Waals surface area contributed by atoms with Crippen molar-refractivity contribution in [1.29, 1.82) is 0 Å². The second kappa shape index (κ2) is 10.7. The maximum atomic E-state index is 12.3. The van der Waals surface area contributed by atoms with E-state index in [1.807, 2.05) is 24.3 Å². The van der Waals surface area contributed by atoms with E-state index in [0.717, 1.165) is 24.8 Å². The van der Waals surface area contributed by atoms with Crippen LogP contribution in [0.3, 0.4) is 0 Å². The molecule has 1 aliphatic heterocycles. The van der Waals surface area contributed by atoms with Crippen LogP contribution in [0.15, 0.2) is 36.4 Å². The second-order valence-corrected chi connectivity index (χ2v) is 8.05. The molecule has 1 fully saturated rings. The van der Waals surface area contributed by atoms with Crippen molar-refractivity contribution in [2.45, 2.75) is 70.1 Å². The Bertz CT molecular complexity index is 760. The molecule has 30 heavy (non-hydrogen) atoms. The van der Waals surface area contributed by atoms with Crippen LogP contribution in [-0.2, 0) is 20.9 Å². The lowest BCUT2D eigenvalue weighted by atomic mass is 9.88. The van der Waals surface area contributed by atoms with Crippen molar-refractivity contribution in [1.82, 2.24) is 0 Å². The Morgan fingerprint density at radius 1 is 1.20 bits per heavy atom. The predicted molar refractivity (Wildman–Crippen MR) is 109 cm³/mol. The number of carboxylic acid groups (broad SMARTS) is 1. The molecule has 5 atom stereocenters. The molecule has 0 amide bonds. The zero-order valence-corrected chi connectivity index (χ0v) is 17.0. The number of benzene rings is 1. The van der Waals surface area contributed by atoms with E-state index < -0.39 is 24.5 Å². The Morgan fingerprint density at radius 2 is 1.97 bits per heavy atom. The van der Waals surface area contributed by atoms with Gasteiger partial charge in [-0.15, -0.1) is 0 Å². The molecule has 0 aromatic heterocycles. The van der Waals surface area contributed by atoms with Gasteiger partial charge in [0, 0.05) is 30.2 Å². The molecule has 0 radical (unpaired) electrons. The number of hydrogen-bond donors (Lipinski definition) is 3. The van der Waals surface area contributed by atoms with Gasteiger partial charge >= 0.3 is 5.97 Å². The average molecular weight is 418 g/mol. The lowest BCUT2D eigenvalue weighted by molar-refractivity contribution is -0.152. The molecule has 0 spiro atoms. The summed E-state index contributed by atoms with van der Waals surface area (Å²) in [4.78, 5) is 22.9. The van der Waals surface area contributed by atoms with Gasteiger partial charge in [0.2, 0.25) is 6.29 Å². The third kappa shape index (κ3) is 5.90. The van der Waals surface area contributed by atoms with Gasteiger partial charge in [-0.1, -0.05) is 49.6 Å². The summed E-state index contributed by atoms with van der Waals surface area (Å²) in [6.45, 7) is 0.348. The summed E-state index contributed by atoms with van der Waals surface area (Å²) < 4.78 is 11.3. The van der Waals surface area contributed by atoms with Crippen LogP contribution < -0.4 is 4.74 Å². The number of aliphatic carboxylic acids is 1. The summed E-state index contributed by atoms with van der Waals surface area (Å²) in [6, 6.07) is 7.48. The van der Waals surface area contributed by atoms with Crippen molar-refractivity contribution in [2.24, 2.45) is 11.8 Å². The highest BCUT2D eigenvalue weighted by Gasteiger charge is 2.39. The summed E-state index contributed by atoms with van der Waals surface area (Å²) in [6.07, 6.45) is 4.70. The molecule has 2 aliphatic rings. The maximum absolute atomic E-state index is 12.3. The predicted octanol–water partition coefficient (Wildman–Crippen LogP) is 2.83. The van der Waals surface area contributed by atoms with E-state index in [1.165, 1.54) is 0 Å². The van der Waals surface area contributed by atoms with Crippen LogP contribution in [0.1, 0.15) is 50.5 Å². The fraction of sp³-hybridized carbons (Fsp3) is 0.565. The molecule has 1 aliphatic carbocycles. The fourth-order valence-corrected chi connectivity index (χ4v) is 4.16. The molecule has 1 aromatic rings. The van der Waals surface area contributed by atoms with Gasteiger partial charge in [0.25, 0.3) is 0 Å². The first-order valence-corrected chi connectivity index (χ1v) is 10.6. The van der Waals surface area contributed by atoms with Gasteiger partial charge in [-0.2, -0.15) is 0 Å². The third-order valence-corrected chi connectivity index (χ3v) is 5.82. The van der Waals surface area contributed by atoms with Gasteiger partial charge in [0.05, 0.1) is 12.7 Å². The first-order chi connectivity index (χ1) is 14.5. The number of Topliss-reactive ketones (excluding diaryl/α,β-unsaturated/α-hetero) is 1. The highest BCUT2D eigenvalue weighted by atomic mass is 16.7. The number of ether oxygens (including phenoxy) is 2. The van der Waals surface area contributed by atoms with Crippen LogP contribution in [-0.4, -0.2) is 45.6 Å². The standard InChI is InChI=1S/C23H30O7/c24-18(23-29-14-15-7-5-6-9-21(15)30-23)12-11-17-16(19(25)13-20(17)26)8-3-1-2-4-10-22(27)28/h5-7,9,11-12,16-18,20,23-24,26H,1-4,8,10,13-14H2,(H,27,28)/t16-,17-,18-,20-,23-/m1/s1. The SMILES string of the molecule is O=C(O)CCCCCC[C@H]1C(=O)C[C@@H](O)[C@@H]1C=C[C@@H](O)[C@@H]1OCc2ccccc2O1. The number of rotatable bonds is 10. The maximum Gasteiger partial charge on any atom is 0.303 e. The number of fused-ring (bicyclic) bond motifs is 1. The Kier molecular flexibility index (Phi) is 8.01. The van der Waals surface area contributed by atoms with Crippen molar-refractivity contribution >= 4 is 11.8 Å². The van der Waals surface area contributed by atoms with E-state index in [0.29, 0.717) is 25.2 Å². The molecule has 0 saturated heterocycles. The molecule has 7 heteroatoms. The Morgan fingerprint density at radius 3 is 2.77 bits per heavy atom. The first-order valence-electron chi connectivity index (χ1n) is 10.6. The number of para-hydroxylation sites is 1. The fourth-order valence-electron chi connectivity index (χ4n) is 4.16. The lowest BCUT2D eigenvalue weighted by Gasteiger charge is -2.28. The van der Waals surface area contributed by atoms with E-state index in [9.17, 15) is 19.8 Å².